The Morgan fingerprint density at radius 1 is 1.02 bits per heavy atom. The SMILES string of the molecule is O=C(O)c1ccc2c(c1)nc(-c1ccc(OCc3cc(N4CCCCC4=O)ccc3Br)cc1F)n2C1CCCCC1. The van der Waals surface area contributed by atoms with Crippen LogP contribution in [0, 0.1) is 5.82 Å². The van der Waals surface area contributed by atoms with Gasteiger partial charge in [0.15, 0.2) is 0 Å². The maximum Gasteiger partial charge on any atom is 0.335 e. The number of hydrogen-bond donors (Lipinski definition) is 1. The number of halogens is 2. The Bertz CT molecular complexity index is 1630. The number of carbonyl (C=O) groups excluding carboxylic acids is 1. The number of ether oxygens (including phenoxy) is 1. The maximum atomic E-state index is 15.7. The van der Waals surface area contributed by atoms with Crippen molar-refractivity contribution in [2.45, 2.75) is 64.0 Å². The molecule has 1 aliphatic heterocycles. The van der Waals surface area contributed by atoms with Crippen LogP contribution in [-0.4, -0.2) is 33.1 Å². The zero-order valence-electron chi connectivity index (χ0n) is 22.6. The molecule has 1 saturated carbocycles. The minimum Gasteiger partial charge on any atom is -0.489 e. The third kappa shape index (κ3) is 5.60. The van der Waals surface area contributed by atoms with Gasteiger partial charge in [0, 0.05) is 40.8 Å². The third-order valence-corrected chi connectivity index (χ3v) is 8.89. The molecule has 0 atom stereocenters. The summed E-state index contributed by atoms with van der Waals surface area (Å²) in [6, 6.07) is 15.6. The van der Waals surface area contributed by atoms with Crippen molar-refractivity contribution in [1.82, 2.24) is 9.55 Å². The first-order valence-electron chi connectivity index (χ1n) is 14.2. The van der Waals surface area contributed by atoms with Crippen molar-refractivity contribution in [3.8, 4) is 17.1 Å². The summed E-state index contributed by atoms with van der Waals surface area (Å²) in [6.45, 7) is 0.907. The van der Waals surface area contributed by atoms with E-state index in [0.29, 0.717) is 35.6 Å². The fourth-order valence-corrected chi connectivity index (χ4v) is 6.34. The number of carboxylic acid groups (broad SMARTS) is 1. The zero-order chi connectivity index (χ0) is 28.5. The van der Waals surface area contributed by atoms with E-state index in [9.17, 15) is 14.7 Å². The van der Waals surface area contributed by atoms with Gasteiger partial charge in [0.05, 0.1) is 22.2 Å². The number of carbonyl (C=O) groups is 2. The highest BCUT2D eigenvalue weighted by atomic mass is 79.9. The van der Waals surface area contributed by atoms with Crippen molar-refractivity contribution in [1.29, 1.82) is 0 Å². The van der Waals surface area contributed by atoms with E-state index < -0.39 is 11.8 Å². The van der Waals surface area contributed by atoms with Crippen LogP contribution in [0.25, 0.3) is 22.4 Å². The summed E-state index contributed by atoms with van der Waals surface area (Å²) < 4.78 is 24.6. The molecule has 7 nitrogen and oxygen atoms in total. The average Bonchev–Trinajstić information content (AvgIpc) is 3.36. The van der Waals surface area contributed by atoms with Crippen LogP contribution in [0.3, 0.4) is 0 Å². The highest BCUT2D eigenvalue weighted by molar-refractivity contribution is 9.10. The summed E-state index contributed by atoms with van der Waals surface area (Å²) >= 11 is 3.57. The van der Waals surface area contributed by atoms with E-state index in [1.54, 1.807) is 30.3 Å². The van der Waals surface area contributed by atoms with Gasteiger partial charge in [0.25, 0.3) is 0 Å². The summed E-state index contributed by atoms with van der Waals surface area (Å²) in [5.74, 6) is -0.471. The molecule has 0 spiro atoms. The van der Waals surface area contributed by atoms with Crippen molar-refractivity contribution in [3.05, 3.63) is 76.0 Å². The Morgan fingerprint density at radius 2 is 1.85 bits per heavy atom. The molecule has 4 aromatic rings. The topological polar surface area (TPSA) is 84.7 Å². The van der Waals surface area contributed by atoms with Gasteiger partial charge in [0.1, 0.15) is 24.0 Å². The number of rotatable bonds is 7. The number of aromatic carboxylic acids is 1. The molecule has 1 aliphatic carbocycles. The number of aromatic nitrogens is 2. The summed E-state index contributed by atoms with van der Waals surface area (Å²) in [5, 5.41) is 9.48. The van der Waals surface area contributed by atoms with Crippen molar-refractivity contribution in [3.63, 3.8) is 0 Å². The second-order valence-electron chi connectivity index (χ2n) is 10.8. The zero-order valence-corrected chi connectivity index (χ0v) is 24.2. The van der Waals surface area contributed by atoms with Crippen LogP contribution >= 0.6 is 15.9 Å². The molecule has 1 N–H and O–H groups in total. The molecule has 212 valence electrons. The van der Waals surface area contributed by atoms with Crippen LogP contribution in [0.1, 0.15) is 73.3 Å². The largest absolute Gasteiger partial charge is 0.489 e. The van der Waals surface area contributed by atoms with E-state index in [1.807, 2.05) is 23.1 Å². The molecule has 3 aromatic carbocycles. The second-order valence-corrected chi connectivity index (χ2v) is 11.7. The lowest BCUT2D eigenvalue weighted by Crippen LogP contribution is -2.35. The van der Waals surface area contributed by atoms with Crippen LogP contribution < -0.4 is 9.64 Å². The van der Waals surface area contributed by atoms with Gasteiger partial charge in [-0.05, 0) is 74.2 Å². The number of carboxylic acids is 1. The predicted molar refractivity (Wildman–Crippen MR) is 159 cm³/mol. The summed E-state index contributed by atoms with van der Waals surface area (Å²) in [7, 11) is 0. The van der Waals surface area contributed by atoms with E-state index in [2.05, 4.69) is 20.5 Å². The molecule has 9 heteroatoms. The average molecular weight is 621 g/mol. The molecule has 2 heterocycles. The van der Waals surface area contributed by atoms with Crippen molar-refractivity contribution in [2.24, 2.45) is 0 Å². The fourth-order valence-electron chi connectivity index (χ4n) is 5.98. The first-order chi connectivity index (χ1) is 19.9. The van der Waals surface area contributed by atoms with Gasteiger partial charge in [-0.25, -0.2) is 14.2 Å². The van der Waals surface area contributed by atoms with Gasteiger partial charge in [-0.2, -0.15) is 0 Å². The molecule has 2 aliphatic rings. The molecule has 41 heavy (non-hydrogen) atoms. The molecular formula is C32H31BrFN3O4. The van der Waals surface area contributed by atoms with Gasteiger partial charge in [-0.3, -0.25) is 4.79 Å². The molecule has 6 rings (SSSR count). The van der Waals surface area contributed by atoms with Crippen molar-refractivity contribution >= 4 is 44.5 Å². The molecule has 0 bridgehead atoms. The lowest BCUT2D eigenvalue weighted by atomic mass is 9.94. The molecule has 1 aromatic heterocycles. The summed E-state index contributed by atoms with van der Waals surface area (Å²) in [5.41, 5.74) is 3.56. The lowest BCUT2D eigenvalue weighted by molar-refractivity contribution is -0.119. The molecular weight excluding hydrogens is 589 g/mol. The third-order valence-electron chi connectivity index (χ3n) is 8.12. The fraction of sp³-hybridized carbons (Fsp3) is 0.344. The number of fused-ring (bicyclic) bond motifs is 1. The number of anilines is 1. The van der Waals surface area contributed by atoms with Gasteiger partial charge in [-0.15, -0.1) is 0 Å². The normalized spacial score (nSPS) is 16.3. The van der Waals surface area contributed by atoms with Gasteiger partial charge in [0.2, 0.25) is 5.91 Å². The molecule has 0 unspecified atom stereocenters. The van der Waals surface area contributed by atoms with E-state index >= 15 is 4.39 Å². The predicted octanol–water partition coefficient (Wildman–Crippen LogP) is 7.90. The number of hydrogen-bond acceptors (Lipinski definition) is 4. The Morgan fingerprint density at radius 3 is 2.61 bits per heavy atom. The van der Waals surface area contributed by atoms with E-state index in [4.69, 9.17) is 9.72 Å². The van der Waals surface area contributed by atoms with E-state index in [-0.39, 0.29) is 24.1 Å². The van der Waals surface area contributed by atoms with Gasteiger partial charge >= 0.3 is 5.97 Å². The van der Waals surface area contributed by atoms with Crippen LogP contribution in [0.5, 0.6) is 5.75 Å². The van der Waals surface area contributed by atoms with E-state index in [1.165, 1.54) is 12.5 Å². The maximum absolute atomic E-state index is 15.7. The molecule has 1 amide bonds. The number of amides is 1. The summed E-state index contributed by atoms with van der Waals surface area (Å²) in [4.78, 5) is 30.5. The monoisotopic (exact) mass is 619 g/mol. The van der Waals surface area contributed by atoms with Gasteiger partial charge < -0.3 is 19.3 Å². The first-order valence-corrected chi connectivity index (χ1v) is 14.9. The Balaban J connectivity index is 1.28. The van der Waals surface area contributed by atoms with Gasteiger partial charge in [-0.1, -0.05) is 35.2 Å². The number of piperidine rings is 1. The number of imidazole rings is 1. The first kappa shape index (κ1) is 27.4. The molecule has 1 saturated heterocycles. The number of benzene rings is 3. The second kappa shape index (κ2) is 11.6. The number of nitrogens with zero attached hydrogens (tertiary/aromatic N) is 3. The van der Waals surface area contributed by atoms with Crippen LogP contribution in [0.4, 0.5) is 10.1 Å². The van der Waals surface area contributed by atoms with E-state index in [0.717, 1.165) is 59.8 Å². The van der Waals surface area contributed by atoms with Crippen LogP contribution in [-0.2, 0) is 11.4 Å². The quantitative estimate of drug-likeness (QED) is 0.227. The Hall–Kier alpha value is -3.72. The van der Waals surface area contributed by atoms with Crippen molar-refractivity contribution < 1.29 is 23.8 Å². The minimum absolute atomic E-state index is 0.126. The highest BCUT2D eigenvalue weighted by Crippen LogP contribution is 2.38. The Kier molecular flexibility index (Phi) is 7.79. The van der Waals surface area contributed by atoms with Crippen LogP contribution in [0.2, 0.25) is 0 Å². The standard InChI is InChI=1S/C32H31BrFN3O4/c33-26-13-10-23(36-15-5-4-8-30(36)38)16-21(26)19-41-24-11-12-25(27(34)18-24)31-35-28-17-20(32(39)40)9-14-29(28)37(31)22-6-2-1-3-7-22/h9-14,16-18,22H,1-8,15,19H2,(H,39,40). The highest BCUT2D eigenvalue weighted by Gasteiger charge is 2.25. The summed E-state index contributed by atoms with van der Waals surface area (Å²) in [6.07, 6.45) is 7.76. The van der Waals surface area contributed by atoms with Crippen LogP contribution in [0.15, 0.2) is 59.1 Å². The minimum atomic E-state index is -1.02. The molecule has 2 fully saturated rings. The lowest BCUT2D eigenvalue weighted by Gasteiger charge is -2.27. The Labute approximate surface area is 246 Å². The van der Waals surface area contributed by atoms with Crippen molar-refractivity contribution in [2.75, 3.05) is 11.4 Å². The smallest absolute Gasteiger partial charge is 0.335 e. The molecule has 0 radical (unpaired) electrons.